The Morgan fingerprint density at radius 3 is 2.11 bits per heavy atom. The lowest BCUT2D eigenvalue weighted by Crippen LogP contribution is -2.24. The van der Waals surface area contributed by atoms with Crippen LogP contribution in [0.5, 0.6) is 0 Å². The summed E-state index contributed by atoms with van der Waals surface area (Å²) in [5, 5.41) is 0.723. The summed E-state index contributed by atoms with van der Waals surface area (Å²) < 4.78 is 0. The highest BCUT2D eigenvalue weighted by molar-refractivity contribution is 6.30. The summed E-state index contributed by atoms with van der Waals surface area (Å²) in [7, 11) is 0. The molecule has 0 saturated carbocycles. The maximum atomic E-state index is 5.94. The van der Waals surface area contributed by atoms with Crippen molar-refractivity contribution in [2.24, 2.45) is 9.98 Å². The van der Waals surface area contributed by atoms with Crippen molar-refractivity contribution >= 4 is 24.2 Å². The van der Waals surface area contributed by atoms with Gasteiger partial charge < -0.3 is 0 Å². The molecule has 1 unspecified atom stereocenters. The normalized spacial score (nSPS) is 21.4. The van der Waals surface area contributed by atoms with E-state index in [0.29, 0.717) is 0 Å². The minimum absolute atomic E-state index is 0.508. The van der Waals surface area contributed by atoms with E-state index in [2.05, 4.69) is 22.1 Å². The fraction of sp³-hybridized carbons (Fsp3) is 0.0667. The number of aliphatic imine (C=N–C) groups is 2. The fourth-order valence-corrected chi connectivity index (χ4v) is 2.29. The fourth-order valence-electron chi connectivity index (χ4n) is 2.16. The lowest BCUT2D eigenvalue weighted by molar-refractivity contribution is 0.765. The third-order valence-electron chi connectivity index (χ3n) is 3.09. The molecule has 3 rings (SSSR count). The highest BCUT2D eigenvalue weighted by Gasteiger charge is 2.33. The first-order chi connectivity index (χ1) is 8.81. The van der Waals surface area contributed by atoms with Gasteiger partial charge in [0, 0.05) is 11.2 Å². The smallest absolute Gasteiger partial charge is 0.147 e. The van der Waals surface area contributed by atoms with Crippen LogP contribution in [0.15, 0.2) is 64.6 Å². The van der Waals surface area contributed by atoms with Crippen LogP contribution in [0, 0.1) is 0 Å². The topological polar surface area (TPSA) is 24.7 Å². The first kappa shape index (κ1) is 11.2. The van der Waals surface area contributed by atoms with Crippen LogP contribution in [0.3, 0.4) is 0 Å². The summed E-state index contributed by atoms with van der Waals surface area (Å²) in [6.45, 7) is 0. The van der Waals surface area contributed by atoms with Crippen LogP contribution in [0.2, 0.25) is 5.02 Å². The Balaban J connectivity index is 2.17. The molecule has 0 fully saturated rings. The molecule has 0 amide bonds. The zero-order valence-electron chi connectivity index (χ0n) is 9.62. The van der Waals surface area contributed by atoms with Crippen molar-refractivity contribution in [1.82, 2.24) is 0 Å². The van der Waals surface area contributed by atoms with Crippen molar-refractivity contribution in [3.05, 3.63) is 70.7 Å². The molecule has 0 aliphatic carbocycles. The summed E-state index contributed by atoms with van der Waals surface area (Å²) in [5.74, 6) is 0. The van der Waals surface area contributed by atoms with Crippen LogP contribution in [0.25, 0.3) is 0 Å². The zero-order chi connectivity index (χ0) is 12.4. The number of benzene rings is 2. The van der Waals surface area contributed by atoms with Gasteiger partial charge in [0.05, 0.1) is 0 Å². The van der Waals surface area contributed by atoms with E-state index in [4.69, 9.17) is 11.6 Å². The van der Waals surface area contributed by atoms with Crippen molar-refractivity contribution in [3.8, 4) is 0 Å². The minimum atomic E-state index is -0.508. The molecule has 2 aromatic carbocycles. The Morgan fingerprint density at radius 2 is 1.50 bits per heavy atom. The summed E-state index contributed by atoms with van der Waals surface area (Å²) in [5.41, 5.74) is 1.66. The van der Waals surface area contributed by atoms with Crippen LogP contribution in [0.4, 0.5) is 0 Å². The minimum Gasteiger partial charge on any atom is -0.251 e. The Bertz CT molecular complexity index is 588. The SMILES string of the molecule is Clc1ccc(C2(c3ccccc3)C=NC=N2)cc1. The predicted molar refractivity (Wildman–Crippen MR) is 75.7 cm³/mol. The van der Waals surface area contributed by atoms with Crippen molar-refractivity contribution < 1.29 is 0 Å². The van der Waals surface area contributed by atoms with Crippen LogP contribution < -0.4 is 0 Å². The Hall–Kier alpha value is -1.93. The zero-order valence-corrected chi connectivity index (χ0v) is 10.4. The molecule has 2 nitrogen and oxygen atoms in total. The van der Waals surface area contributed by atoms with Crippen molar-refractivity contribution in [2.45, 2.75) is 5.54 Å². The van der Waals surface area contributed by atoms with E-state index >= 15 is 0 Å². The summed E-state index contributed by atoms with van der Waals surface area (Å²) in [6, 6.07) is 17.9. The molecular formula is C15H11ClN2. The van der Waals surface area contributed by atoms with Gasteiger partial charge in [-0.3, -0.25) is 4.99 Å². The molecule has 0 N–H and O–H groups in total. The van der Waals surface area contributed by atoms with E-state index in [9.17, 15) is 0 Å². The van der Waals surface area contributed by atoms with E-state index in [1.54, 1.807) is 6.34 Å². The molecule has 3 heteroatoms. The van der Waals surface area contributed by atoms with Crippen LogP contribution >= 0.6 is 11.6 Å². The Kier molecular flexibility index (Phi) is 2.73. The van der Waals surface area contributed by atoms with Crippen molar-refractivity contribution in [3.63, 3.8) is 0 Å². The van der Waals surface area contributed by atoms with Gasteiger partial charge in [-0.15, -0.1) is 0 Å². The van der Waals surface area contributed by atoms with Gasteiger partial charge in [-0.25, -0.2) is 4.99 Å². The maximum Gasteiger partial charge on any atom is 0.147 e. The molecular weight excluding hydrogens is 244 g/mol. The Labute approximate surface area is 111 Å². The predicted octanol–water partition coefficient (Wildman–Crippen LogP) is 3.70. The van der Waals surface area contributed by atoms with Crippen LogP contribution in [0.1, 0.15) is 11.1 Å². The van der Waals surface area contributed by atoms with Crippen molar-refractivity contribution in [1.29, 1.82) is 0 Å². The van der Waals surface area contributed by atoms with E-state index < -0.39 is 5.54 Å². The van der Waals surface area contributed by atoms with E-state index in [1.165, 1.54) is 0 Å². The van der Waals surface area contributed by atoms with Gasteiger partial charge in [0.2, 0.25) is 0 Å². The van der Waals surface area contributed by atoms with Gasteiger partial charge in [0.15, 0.2) is 0 Å². The first-order valence-electron chi connectivity index (χ1n) is 5.71. The molecule has 0 aromatic heterocycles. The number of halogens is 1. The highest BCUT2D eigenvalue weighted by atomic mass is 35.5. The molecule has 1 atom stereocenters. The first-order valence-corrected chi connectivity index (χ1v) is 6.09. The van der Waals surface area contributed by atoms with E-state index in [1.807, 2.05) is 48.7 Å². The molecule has 2 aromatic rings. The molecule has 1 heterocycles. The number of rotatable bonds is 2. The van der Waals surface area contributed by atoms with Crippen LogP contribution in [-0.2, 0) is 5.54 Å². The molecule has 0 radical (unpaired) electrons. The highest BCUT2D eigenvalue weighted by Crippen LogP contribution is 2.34. The standard InChI is InChI=1S/C15H11ClN2/c16-14-8-6-13(7-9-14)15(10-17-11-18-15)12-4-2-1-3-5-12/h1-11H. The third kappa shape index (κ3) is 1.75. The Morgan fingerprint density at radius 1 is 0.833 bits per heavy atom. The van der Waals surface area contributed by atoms with Gasteiger partial charge in [0.1, 0.15) is 11.9 Å². The van der Waals surface area contributed by atoms with E-state index in [0.717, 1.165) is 16.1 Å². The number of hydrogen-bond donors (Lipinski definition) is 0. The third-order valence-corrected chi connectivity index (χ3v) is 3.34. The second-order valence-corrected chi connectivity index (χ2v) is 4.60. The lowest BCUT2D eigenvalue weighted by atomic mass is 9.85. The number of nitrogens with zero attached hydrogens (tertiary/aromatic N) is 2. The van der Waals surface area contributed by atoms with Gasteiger partial charge in [-0.1, -0.05) is 54.1 Å². The second-order valence-electron chi connectivity index (χ2n) is 4.16. The molecule has 88 valence electrons. The summed E-state index contributed by atoms with van der Waals surface area (Å²) in [6.07, 6.45) is 3.47. The summed E-state index contributed by atoms with van der Waals surface area (Å²) in [4.78, 5) is 8.71. The number of hydrogen-bond acceptors (Lipinski definition) is 2. The van der Waals surface area contributed by atoms with Gasteiger partial charge >= 0.3 is 0 Å². The van der Waals surface area contributed by atoms with E-state index in [-0.39, 0.29) is 0 Å². The van der Waals surface area contributed by atoms with Crippen LogP contribution in [-0.4, -0.2) is 12.6 Å². The average Bonchev–Trinajstić information content (AvgIpc) is 2.91. The monoisotopic (exact) mass is 254 g/mol. The maximum absolute atomic E-state index is 5.94. The van der Waals surface area contributed by atoms with Gasteiger partial charge in [-0.2, -0.15) is 0 Å². The summed E-state index contributed by atoms with van der Waals surface area (Å²) >= 11 is 5.94. The van der Waals surface area contributed by atoms with Gasteiger partial charge in [0.25, 0.3) is 0 Å². The molecule has 0 bridgehead atoms. The molecule has 0 saturated heterocycles. The van der Waals surface area contributed by atoms with Crippen molar-refractivity contribution in [2.75, 3.05) is 0 Å². The lowest BCUT2D eigenvalue weighted by Gasteiger charge is -2.24. The quantitative estimate of drug-likeness (QED) is 0.781. The molecule has 18 heavy (non-hydrogen) atoms. The largest absolute Gasteiger partial charge is 0.251 e. The molecule has 0 spiro atoms. The molecule has 1 aliphatic heterocycles. The molecule has 1 aliphatic rings. The average molecular weight is 255 g/mol. The second kappa shape index (κ2) is 4.39. The van der Waals surface area contributed by atoms with Gasteiger partial charge in [-0.05, 0) is 23.3 Å².